The molecule has 7 atom stereocenters. The molecule has 2 aliphatic rings. The van der Waals surface area contributed by atoms with E-state index < -0.39 is 83.4 Å². The zero-order valence-corrected chi connectivity index (χ0v) is 38.8. The Bertz CT molecular complexity index is 2760. The number of aromatic amines is 2. The summed E-state index contributed by atoms with van der Waals surface area (Å²) in [5.74, 6) is -3.68. The van der Waals surface area contributed by atoms with E-state index in [4.69, 9.17) is 4.74 Å². The van der Waals surface area contributed by atoms with Gasteiger partial charge in [-0.3, -0.25) is 28.8 Å². The maximum absolute atomic E-state index is 14.9. The first-order chi connectivity index (χ1) is 32.7. The van der Waals surface area contributed by atoms with E-state index in [9.17, 15) is 28.8 Å². The van der Waals surface area contributed by atoms with Crippen LogP contribution in [0.2, 0.25) is 0 Å². The molecule has 0 unspecified atom stereocenters. The van der Waals surface area contributed by atoms with Crippen molar-refractivity contribution >= 4 is 57.2 Å². The van der Waals surface area contributed by atoms with Gasteiger partial charge in [-0.15, -0.1) is 0 Å². The lowest BCUT2D eigenvalue weighted by Gasteiger charge is -2.34. The van der Waals surface area contributed by atoms with Crippen LogP contribution in [0, 0.1) is 0 Å². The second kappa shape index (κ2) is 20.7. The van der Waals surface area contributed by atoms with E-state index in [0.717, 1.165) is 44.1 Å². The maximum Gasteiger partial charge on any atom is 0.246 e. The highest BCUT2D eigenvalue weighted by Gasteiger charge is 2.42. The number of nitrogens with zero attached hydrogens (tertiary/aromatic N) is 1. The number of hydrogen-bond acceptors (Lipinski definition) is 7. The van der Waals surface area contributed by atoms with E-state index in [-0.39, 0.29) is 32.2 Å². The second-order valence-electron chi connectivity index (χ2n) is 18.9. The van der Waals surface area contributed by atoms with Gasteiger partial charge in [0.2, 0.25) is 35.4 Å². The van der Waals surface area contributed by atoms with Crippen molar-refractivity contribution < 1.29 is 33.5 Å². The van der Waals surface area contributed by atoms with Crippen molar-refractivity contribution in [1.29, 1.82) is 0 Å². The van der Waals surface area contributed by atoms with Crippen molar-refractivity contribution in [3.8, 4) is 0 Å². The summed E-state index contributed by atoms with van der Waals surface area (Å²) in [4.78, 5) is 97.0. The lowest BCUT2D eigenvalue weighted by atomic mass is 9.99. The van der Waals surface area contributed by atoms with Crippen molar-refractivity contribution in [2.45, 2.75) is 114 Å². The smallest absolute Gasteiger partial charge is 0.246 e. The van der Waals surface area contributed by atoms with E-state index >= 15 is 0 Å². The summed E-state index contributed by atoms with van der Waals surface area (Å²) in [7, 11) is 0. The molecule has 0 bridgehead atoms. The summed E-state index contributed by atoms with van der Waals surface area (Å²) in [6, 6.07) is 26.4. The fourth-order valence-corrected chi connectivity index (χ4v) is 9.42. The number of fused-ring (bicyclic) bond motifs is 3. The molecule has 15 heteroatoms. The standard InChI is InChI=1S/C53H60N8O7/c1-32(68-53(2,3)4)46-51(66)59-44(27-34-18-9-6-10-19-34)52(67)61-25-15-24-45(61)50(65)58-43(29-36-31-55-40-23-14-12-21-38(36)40)48(63)57-42(28-35-30-54-39-22-13-11-20-37(35)39)47(62)56-41(49(64)60-46)26-33-16-7-5-8-17-33/h5-14,16-23,30-32,41-46,54-55H,15,24-29H2,1-4H3,(H,56,62)(H,57,63)(H,58,65)(H,59,66)(H,60,64)/t32-,41+,42-,43+,44+,45+,46+/m1/s1. The van der Waals surface area contributed by atoms with E-state index in [1.165, 1.54) is 4.90 Å². The number of aromatic nitrogens is 2. The Labute approximate surface area is 395 Å². The minimum absolute atomic E-state index is 0.0181. The summed E-state index contributed by atoms with van der Waals surface area (Å²) < 4.78 is 6.30. The highest BCUT2D eigenvalue weighted by molar-refractivity contribution is 5.99. The number of hydrogen-bond donors (Lipinski definition) is 7. The Kier molecular flexibility index (Phi) is 14.4. The summed E-state index contributed by atoms with van der Waals surface area (Å²) in [5.41, 5.74) is 3.90. The number of rotatable bonds is 10. The van der Waals surface area contributed by atoms with Crippen LogP contribution < -0.4 is 26.6 Å². The third kappa shape index (κ3) is 11.3. The number of H-pyrrole nitrogens is 2. The van der Waals surface area contributed by atoms with E-state index in [1.54, 1.807) is 19.3 Å². The number of amides is 6. The van der Waals surface area contributed by atoms with Crippen LogP contribution in [0.15, 0.2) is 122 Å². The molecule has 6 amide bonds. The number of ether oxygens (including phenoxy) is 1. The molecule has 2 fully saturated rings. The van der Waals surface area contributed by atoms with Crippen molar-refractivity contribution in [3.63, 3.8) is 0 Å². The average molecular weight is 921 g/mol. The fourth-order valence-electron chi connectivity index (χ4n) is 9.42. The maximum atomic E-state index is 14.9. The van der Waals surface area contributed by atoms with Crippen LogP contribution in [0.4, 0.5) is 0 Å². The average Bonchev–Trinajstić information content (AvgIpc) is 4.09. The minimum atomic E-state index is -1.34. The molecule has 354 valence electrons. The Morgan fingerprint density at radius 3 is 1.51 bits per heavy atom. The van der Waals surface area contributed by atoms with Crippen molar-refractivity contribution in [3.05, 3.63) is 144 Å². The van der Waals surface area contributed by atoms with Crippen LogP contribution >= 0.6 is 0 Å². The van der Waals surface area contributed by atoms with Gasteiger partial charge in [0.25, 0.3) is 0 Å². The first kappa shape index (κ1) is 47.2. The van der Waals surface area contributed by atoms with Gasteiger partial charge in [-0.2, -0.15) is 0 Å². The highest BCUT2D eigenvalue weighted by atomic mass is 16.5. The van der Waals surface area contributed by atoms with Crippen molar-refractivity contribution in [1.82, 2.24) is 41.5 Å². The lowest BCUT2D eigenvalue weighted by molar-refractivity contribution is -0.144. The van der Waals surface area contributed by atoms with Crippen LogP contribution in [0.25, 0.3) is 21.8 Å². The zero-order chi connectivity index (χ0) is 48.0. The Morgan fingerprint density at radius 1 is 0.544 bits per heavy atom. The van der Waals surface area contributed by atoms with E-state index in [0.29, 0.717) is 12.8 Å². The SMILES string of the molecule is C[C@@H](OC(C)(C)C)[C@@H]1NC(=O)[C@H](Cc2ccccc2)NC(=O)[C@@H](Cc2c[nH]c3ccccc23)NC(=O)[C@H](Cc2c[nH]c3ccccc23)NC(=O)[C@@H]2CCCN2C(=O)[C@H](Cc2ccccc2)NC1=O. The molecule has 2 saturated heterocycles. The van der Waals surface area contributed by atoms with Gasteiger partial charge in [0.1, 0.15) is 36.3 Å². The predicted octanol–water partition coefficient (Wildman–Crippen LogP) is 4.55. The molecule has 8 rings (SSSR count). The number of benzene rings is 4. The van der Waals surface area contributed by atoms with Gasteiger partial charge in [-0.05, 0) is 74.9 Å². The number of carbonyl (C=O) groups is 6. The molecule has 6 aromatic rings. The van der Waals surface area contributed by atoms with Gasteiger partial charge in [0.05, 0.1) is 11.7 Å². The molecule has 0 saturated carbocycles. The molecule has 2 aliphatic heterocycles. The first-order valence-electron chi connectivity index (χ1n) is 23.4. The van der Waals surface area contributed by atoms with Crippen LogP contribution in [-0.4, -0.2) is 105 Å². The third-order valence-electron chi connectivity index (χ3n) is 12.7. The highest BCUT2D eigenvalue weighted by Crippen LogP contribution is 2.24. The molecular formula is C53H60N8O7. The summed E-state index contributed by atoms with van der Waals surface area (Å²) >= 11 is 0. The van der Waals surface area contributed by atoms with E-state index in [2.05, 4.69) is 36.6 Å². The number of para-hydroxylation sites is 2. The zero-order valence-electron chi connectivity index (χ0n) is 38.8. The molecule has 2 aromatic heterocycles. The van der Waals surface area contributed by atoms with Crippen LogP contribution in [0.3, 0.4) is 0 Å². The summed E-state index contributed by atoms with van der Waals surface area (Å²) in [5, 5.41) is 16.5. The fraction of sp³-hybridized carbons (Fsp3) is 0.358. The second-order valence-corrected chi connectivity index (χ2v) is 18.9. The number of nitrogens with one attached hydrogen (secondary N) is 7. The third-order valence-corrected chi connectivity index (χ3v) is 12.7. The molecule has 68 heavy (non-hydrogen) atoms. The van der Waals surface area contributed by atoms with Gasteiger partial charge in [-0.1, -0.05) is 97.1 Å². The van der Waals surface area contributed by atoms with Crippen molar-refractivity contribution in [2.75, 3.05) is 6.54 Å². The van der Waals surface area contributed by atoms with Gasteiger partial charge in [0, 0.05) is 66.4 Å². The molecule has 4 heterocycles. The molecule has 4 aromatic carbocycles. The monoisotopic (exact) mass is 920 g/mol. The Morgan fingerprint density at radius 2 is 0.985 bits per heavy atom. The Hall–Kier alpha value is -7.26. The minimum Gasteiger partial charge on any atom is -0.370 e. The molecule has 7 N–H and O–H groups in total. The molecule has 0 spiro atoms. The topological polar surface area (TPSA) is 207 Å². The first-order valence-corrected chi connectivity index (χ1v) is 23.4. The molecule has 0 radical (unpaired) electrons. The normalized spacial score (nSPS) is 22.9. The van der Waals surface area contributed by atoms with Crippen LogP contribution in [-0.2, 0) is 59.2 Å². The van der Waals surface area contributed by atoms with Gasteiger partial charge in [0.15, 0.2) is 0 Å². The predicted molar refractivity (Wildman–Crippen MR) is 259 cm³/mol. The van der Waals surface area contributed by atoms with Gasteiger partial charge in [-0.25, -0.2) is 0 Å². The number of carbonyl (C=O) groups excluding carboxylic acids is 6. The van der Waals surface area contributed by atoms with Crippen molar-refractivity contribution in [2.24, 2.45) is 0 Å². The van der Waals surface area contributed by atoms with Gasteiger partial charge >= 0.3 is 0 Å². The van der Waals surface area contributed by atoms with Crippen LogP contribution in [0.5, 0.6) is 0 Å². The largest absolute Gasteiger partial charge is 0.370 e. The molecular weight excluding hydrogens is 861 g/mol. The lowest BCUT2D eigenvalue weighted by Crippen LogP contribution is -2.63. The summed E-state index contributed by atoms with van der Waals surface area (Å²) in [6.45, 7) is 7.39. The molecule has 15 nitrogen and oxygen atoms in total. The Balaban J connectivity index is 1.22. The van der Waals surface area contributed by atoms with Gasteiger partial charge < -0.3 is 46.2 Å². The summed E-state index contributed by atoms with van der Waals surface area (Å²) in [6.07, 6.45) is 3.65. The molecule has 0 aliphatic carbocycles. The quantitative estimate of drug-likeness (QED) is 0.104. The van der Waals surface area contributed by atoms with E-state index in [1.807, 2.05) is 130 Å². The van der Waals surface area contributed by atoms with Crippen LogP contribution in [0.1, 0.15) is 62.8 Å².